The van der Waals surface area contributed by atoms with E-state index in [2.05, 4.69) is 236 Å². The molecule has 61 heavy (non-hydrogen) atoms. The summed E-state index contributed by atoms with van der Waals surface area (Å²) in [6, 6.07) is 81.9. The van der Waals surface area contributed by atoms with Crippen LogP contribution in [0.15, 0.2) is 236 Å². The van der Waals surface area contributed by atoms with Crippen LogP contribution in [0.2, 0.25) is 0 Å². The normalized spacial score (nSPS) is 15.2. The van der Waals surface area contributed by atoms with Crippen LogP contribution in [-0.2, 0) is 5.41 Å². The van der Waals surface area contributed by atoms with Crippen LogP contribution >= 0.6 is 0 Å². The predicted molar refractivity (Wildman–Crippen MR) is 255 cm³/mol. The van der Waals surface area contributed by atoms with Gasteiger partial charge in [-0.25, -0.2) is 4.99 Å². The molecule has 286 valence electrons. The quantitative estimate of drug-likeness (QED) is 0.167. The lowest BCUT2D eigenvalue weighted by molar-refractivity contribution is 0.768. The number of rotatable bonds is 6. The van der Waals surface area contributed by atoms with E-state index in [0.29, 0.717) is 0 Å². The Bertz CT molecular complexity index is 3310. The van der Waals surface area contributed by atoms with Crippen molar-refractivity contribution in [2.75, 3.05) is 0 Å². The van der Waals surface area contributed by atoms with Crippen molar-refractivity contribution in [3.63, 3.8) is 0 Å². The maximum atomic E-state index is 5.42. The van der Waals surface area contributed by atoms with Gasteiger partial charge in [-0.15, -0.1) is 0 Å². The molecule has 10 aromatic carbocycles. The van der Waals surface area contributed by atoms with Gasteiger partial charge in [-0.3, -0.25) is 0 Å². The topological polar surface area (TPSA) is 24.4 Å². The molecule has 1 N–H and O–H groups in total. The Balaban J connectivity index is 0.986. The minimum absolute atomic E-state index is 0.0583. The Morgan fingerprint density at radius 2 is 0.885 bits per heavy atom. The van der Waals surface area contributed by atoms with E-state index < -0.39 is 5.41 Å². The van der Waals surface area contributed by atoms with Crippen LogP contribution in [0.3, 0.4) is 0 Å². The number of aliphatic imine (C=N–C) groups is 1. The van der Waals surface area contributed by atoms with Crippen molar-refractivity contribution >= 4 is 43.9 Å². The molecule has 2 nitrogen and oxygen atoms in total. The Labute approximate surface area is 355 Å². The van der Waals surface area contributed by atoms with Crippen molar-refractivity contribution in [2.24, 2.45) is 4.99 Å². The summed E-state index contributed by atoms with van der Waals surface area (Å²) < 4.78 is 0. The molecular formula is C59H40N2. The van der Waals surface area contributed by atoms with Crippen LogP contribution in [0.25, 0.3) is 60.3 Å². The fourth-order valence-electron chi connectivity index (χ4n) is 10.2. The molecule has 0 amide bonds. The molecule has 2 heteroatoms. The number of nitrogens with one attached hydrogen (secondary N) is 1. The second-order valence-corrected chi connectivity index (χ2v) is 16.3. The lowest BCUT2D eigenvalue weighted by Gasteiger charge is -2.33. The Hall–Kier alpha value is -7.81. The van der Waals surface area contributed by atoms with Crippen LogP contribution in [0.4, 0.5) is 0 Å². The van der Waals surface area contributed by atoms with Gasteiger partial charge in [0.15, 0.2) is 0 Å². The van der Waals surface area contributed by atoms with Crippen molar-refractivity contribution in [2.45, 2.75) is 11.5 Å². The van der Waals surface area contributed by atoms with Gasteiger partial charge in [0.2, 0.25) is 0 Å². The van der Waals surface area contributed by atoms with Gasteiger partial charge < -0.3 is 5.32 Å². The van der Waals surface area contributed by atoms with Gasteiger partial charge in [0.25, 0.3) is 0 Å². The highest BCUT2D eigenvalue weighted by molar-refractivity contribution is 6.25. The molecule has 1 aliphatic carbocycles. The SMILES string of the molecule is C1=C(c2ccc3c4ccccc4c4ccccc4c3c2)N=C(c2cccc(-c3ccc4c(c3)-c3ccccc3C4(c3ccccc3)c3ccccc3)c2)NC1c1ccccc1. The number of nitrogens with zero attached hydrogens (tertiary/aromatic N) is 1. The molecule has 0 saturated carbocycles. The fraction of sp³-hybridized carbons (Fsp3) is 0.0339. The van der Waals surface area contributed by atoms with Crippen molar-refractivity contribution in [3.05, 3.63) is 269 Å². The van der Waals surface area contributed by atoms with E-state index >= 15 is 0 Å². The van der Waals surface area contributed by atoms with Crippen LogP contribution in [0.1, 0.15) is 45.0 Å². The van der Waals surface area contributed by atoms with E-state index in [-0.39, 0.29) is 6.04 Å². The molecule has 2 aliphatic rings. The molecule has 0 spiro atoms. The molecule has 0 radical (unpaired) electrons. The summed E-state index contributed by atoms with van der Waals surface area (Å²) in [5.74, 6) is 0.857. The van der Waals surface area contributed by atoms with Crippen molar-refractivity contribution in [1.29, 1.82) is 0 Å². The molecule has 1 aliphatic heterocycles. The third kappa shape index (κ3) is 5.60. The summed E-state index contributed by atoms with van der Waals surface area (Å²) in [7, 11) is 0. The smallest absolute Gasteiger partial charge is 0.134 e. The first-order chi connectivity index (χ1) is 30.2. The maximum Gasteiger partial charge on any atom is 0.134 e. The summed E-state index contributed by atoms with van der Waals surface area (Å²) in [6.07, 6.45) is 2.27. The lowest BCUT2D eigenvalue weighted by atomic mass is 9.67. The molecule has 0 aromatic heterocycles. The minimum Gasteiger partial charge on any atom is -0.359 e. The first-order valence-corrected chi connectivity index (χ1v) is 21.2. The van der Waals surface area contributed by atoms with Gasteiger partial charge in [0, 0.05) is 11.1 Å². The Kier molecular flexibility index (Phi) is 8.18. The van der Waals surface area contributed by atoms with Gasteiger partial charge >= 0.3 is 0 Å². The Morgan fingerprint density at radius 3 is 1.57 bits per heavy atom. The zero-order chi connectivity index (χ0) is 40.3. The van der Waals surface area contributed by atoms with Crippen molar-refractivity contribution < 1.29 is 0 Å². The number of hydrogen-bond donors (Lipinski definition) is 1. The summed E-state index contributed by atoms with van der Waals surface area (Å²) >= 11 is 0. The molecule has 10 aromatic rings. The lowest BCUT2D eigenvalue weighted by Crippen LogP contribution is -2.31. The molecule has 12 rings (SSSR count). The number of fused-ring (bicyclic) bond motifs is 9. The average molecular weight is 777 g/mol. The van der Waals surface area contributed by atoms with Gasteiger partial charge in [-0.2, -0.15) is 0 Å². The summed E-state index contributed by atoms with van der Waals surface area (Å²) in [6.45, 7) is 0. The van der Waals surface area contributed by atoms with E-state index in [1.807, 2.05) is 0 Å². The zero-order valence-electron chi connectivity index (χ0n) is 33.5. The summed E-state index contributed by atoms with van der Waals surface area (Å²) in [5, 5.41) is 11.4. The fourth-order valence-corrected chi connectivity index (χ4v) is 10.2. The highest BCUT2D eigenvalue weighted by atomic mass is 15.0. The first kappa shape index (κ1) is 35.2. The minimum atomic E-state index is -0.424. The molecule has 1 unspecified atom stereocenters. The molecule has 1 heterocycles. The largest absolute Gasteiger partial charge is 0.359 e. The summed E-state index contributed by atoms with van der Waals surface area (Å²) in [5.41, 5.74) is 13.9. The van der Waals surface area contributed by atoms with E-state index in [9.17, 15) is 0 Å². The molecular weight excluding hydrogens is 737 g/mol. The Morgan fingerprint density at radius 1 is 0.361 bits per heavy atom. The van der Waals surface area contributed by atoms with Crippen molar-refractivity contribution in [1.82, 2.24) is 5.32 Å². The molecule has 0 fully saturated rings. The van der Waals surface area contributed by atoms with E-state index in [1.165, 1.54) is 76.8 Å². The van der Waals surface area contributed by atoms with Crippen LogP contribution in [0, 0.1) is 0 Å². The van der Waals surface area contributed by atoms with Crippen LogP contribution in [-0.4, -0.2) is 5.84 Å². The van der Waals surface area contributed by atoms with E-state index in [0.717, 1.165) is 28.2 Å². The third-order valence-corrected chi connectivity index (χ3v) is 13.0. The average Bonchev–Trinajstić information content (AvgIpc) is 3.65. The van der Waals surface area contributed by atoms with Crippen molar-refractivity contribution in [3.8, 4) is 22.3 Å². The zero-order valence-corrected chi connectivity index (χ0v) is 33.5. The highest BCUT2D eigenvalue weighted by Crippen LogP contribution is 2.56. The predicted octanol–water partition coefficient (Wildman–Crippen LogP) is 14.3. The van der Waals surface area contributed by atoms with Gasteiger partial charge in [-0.05, 0) is 107 Å². The standard InChI is InChI=1S/C59H40N2/c1-4-17-39(18-5-1)56-38-57(42-31-33-50-48-27-11-10-25-46(48)47-26-12-13-28-49(47)52(50)37-42)61-58(60-56)43-20-16-19-40(35-43)41-32-34-55-53(36-41)51-29-14-15-30-54(51)59(55,44-21-6-2-7-22-44)45-23-8-3-9-24-45/h1-38,56H,(H,60,61). The molecule has 0 bridgehead atoms. The van der Waals surface area contributed by atoms with E-state index in [1.54, 1.807) is 0 Å². The number of benzene rings is 10. The maximum absolute atomic E-state index is 5.42. The number of amidine groups is 1. The second kappa shape index (κ2) is 14.2. The monoisotopic (exact) mass is 776 g/mol. The summed E-state index contributed by atoms with van der Waals surface area (Å²) in [4.78, 5) is 5.42. The molecule has 1 atom stereocenters. The third-order valence-electron chi connectivity index (χ3n) is 13.0. The van der Waals surface area contributed by atoms with Gasteiger partial charge in [0.1, 0.15) is 5.84 Å². The van der Waals surface area contributed by atoms with E-state index in [4.69, 9.17) is 4.99 Å². The van der Waals surface area contributed by atoms with Crippen LogP contribution < -0.4 is 5.32 Å². The first-order valence-electron chi connectivity index (χ1n) is 21.2. The van der Waals surface area contributed by atoms with Gasteiger partial charge in [0.05, 0.1) is 17.2 Å². The molecule has 0 saturated heterocycles. The number of hydrogen-bond acceptors (Lipinski definition) is 2. The van der Waals surface area contributed by atoms with Gasteiger partial charge in [-0.1, -0.05) is 206 Å². The second-order valence-electron chi connectivity index (χ2n) is 16.3. The van der Waals surface area contributed by atoms with Crippen LogP contribution in [0.5, 0.6) is 0 Å². The highest BCUT2D eigenvalue weighted by Gasteiger charge is 2.46.